The second-order valence-corrected chi connectivity index (χ2v) is 6.35. The number of hydrogen-bond donors (Lipinski definition) is 1. The van der Waals surface area contributed by atoms with Gasteiger partial charge in [0.1, 0.15) is 0 Å². The van der Waals surface area contributed by atoms with Crippen LogP contribution >= 0.6 is 0 Å². The van der Waals surface area contributed by atoms with Crippen molar-refractivity contribution in [1.82, 2.24) is 5.32 Å². The molecule has 0 radical (unpaired) electrons. The van der Waals surface area contributed by atoms with E-state index >= 15 is 0 Å². The van der Waals surface area contributed by atoms with Crippen LogP contribution < -0.4 is 5.32 Å². The number of benzene rings is 1. The summed E-state index contributed by atoms with van der Waals surface area (Å²) >= 11 is 0. The molecule has 0 bridgehead atoms. The first-order valence-corrected chi connectivity index (χ1v) is 8.29. The van der Waals surface area contributed by atoms with Crippen molar-refractivity contribution in [3.63, 3.8) is 0 Å². The second-order valence-electron chi connectivity index (χ2n) is 6.35. The zero-order valence-corrected chi connectivity index (χ0v) is 13.2. The third-order valence-corrected chi connectivity index (χ3v) is 5.14. The van der Waals surface area contributed by atoms with Crippen molar-refractivity contribution in [1.29, 1.82) is 0 Å². The van der Waals surface area contributed by atoms with E-state index in [-0.39, 0.29) is 11.5 Å². The molecule has 0 amide bonds. The molecule has 1 aliphatic rings. The van der Waals surface area contributed by atoms with Crippen LogP contribution in [0, 0.1) is 17.0 Å². The molecule has 3 heteroatoms. The Kier molecular flexibility index (Phi) is 5.74. The Hall–Kier alpha value is -0.960. The molecule has 0 aromatic heterocycles. The Labute approximate surface area is 127 Å². The van der Waals surface area contributed by atoms with Crippen molar-refractivity contribution >= 4 is 0 Å². The smallest absolute Gasteiger partial charge is 0.162 e. The largest absolute Gasteiger partial charge is 0.313 e. The predicted octanol–water partition coefficient (Wildman–Crippen LogP) is 4.85. The predicted molar refractivity (Wildman–Crippen MR) is 83.3 cm³/mol. The lowest BCUT2D eigenvalue weighted by Crippen LogP contribution is -2.45. The van der Waals surface area contributed by atoms with Crippen LogP contribution in [0.2, 0.25) is 0 Å². The summed E-state index contributed by atoms with van der Waals surface area (Å²) in [5.74, 6) is -1.41. The molecule has 1 aliphatic carbocycles. The lowest BCUT2D eigenvalue weighted by atomic mass is 9.74. The molecule has 0 saturated heterocycles. The topological polar surface area (TPSA) is 12.0 Å². The van der Waals surface area contributed by atoms with Crippen molar-refractivity contribution in [3.8, 4) is 0 Å². The van der Waals surface area contributed by atoms with E-state index in [1.165, 1.54) is 31.7 Å². The summed E-state index contributed by atoms with van der Waals surface area (Å²) < 4.78 is 27.4. The van der Waals surface area contributed by atoms with Crippen LogP contribution in [0.5, 0.6) is 0 Å². The Balaban J connectivity index is 2.21. The van der Waals surface area contributed by atoms with Gasteiger partial charge in [-0.3, -0.25) is 0 Å². The van der Waals surface area contributed by atoms with Gasteiger partial charge in [-0.2, -0.15) is 0 Å². The quantitative estimate of drug-likeness (QED) is 0.758. The van der Waals surface area contributed by atoms with Gasteiger partial charge in [-0.1, -0.05) is 38.8 Å². The fraction of sp³-hybridized carbons (Fsp3) is 0.667. The number of hydrogen-bond acceptors (Lipinski definition) is 1. The SMILES string of the molecule is CCCNC(Cc1cccc(F)c1F)C1(CC)CCCC1. The molecule has 1 unspecified atom stereocenters. The standard InChI is InChI=1S/C18H27F2N/c1-3-12-21-16(18(4-2)10-5-6-11-18)13-14-8-7-9-15(19)17(14)20/h7-9,16,21H,3-6,10-13H2,1-2H3. The summed E-state index contributed by atoms with van der Waals surface area (Å²) in [5, 5.41) is 3.61. The minimum atomic E-state index is -0.737. The highest BCUT2D eigenvalue weighted by atomic mass is 19.2. The zero-order chi connectivity index (χ0) is 15.3. The number of nitrogens with one attached hydrogen (secondary N) is 1. The van der Waals surface area contributed by atoms with E-state index in [4.69, 9.17) is 0 Å². The minimum Gasteiger partial charge on any atom is -0.313 e. The summed E-state index contributed by atoms with van der Waals surface area (Å²) in [4.78, 5) is 0. The lowest BCUT2D eigenvalue weighted by Gasteiger charge is -2.38. The maximum absolute atomic E-state index is 14.0. The van der Waals surface area contributed by atoms with Gasteiger partial charge in [0.25, 0.3) is 0 Å². The fourth-order valence-electron chi connectivity index (χ4n) is 3.78. The van der Waals surface area contributed by atoms with Gasteiger partial charge in [0.15, 0.2) is 11.6 Å². The molecular formula is C18H27F2N. The van der Waals surface area contributed by atoms with Crippen molar-refractivity contribution in [2.45, 2.75) is 64.8 Å². The molecule has 0 heterocycles. The molecule has 0 aliphatic heterocycles. The van der Waals surface area contributed by atoms with Crippen LogP contribution in [0.25, 0.3) is 0 Å². The van der Waals surface area contributed by atoms with E-state index in [1.54, 1.807) is 12.1 Å². The van der Waals surface area contributed by atoms with Crippen LogP contribution in [-0.4, -0.2) is 12.6 Å². The van der Waals surface area contributed by atoms with Gasteiger partial charge >= 0.3 is 0 Å². The second kappa shape index (κ2) is 7.35. The number of halogens is 2. The summed E-state index contributed by atoms with van der Waals surface area (Å²) in [5.41, 5.74) is 0.747. The van der Waals surface area contributed by atoms with Gasteiger partial charge in [0, 0.05) is 6.04 Å². The van der Waals surface area contributed by atoms with E-state index in [0.29, 0.717) is 12.0 Å². The Bertz CT molecular complexity index is 453. The van der Waals surface area contributed by atoms with Crippen LogP contribution in [-0.2, 0) is 6.42 Å². The van der Waals surface area contributed by atoms with Gasteiger partial charge in [0.2, 0.25) is 0 Å². The summed E-state index contributed by atoms with van der Waals surface area (Å²) in [7, 11) is 0. The van der Waals surface area contributed by atoms with Crippen molar-refractivity contribution in [2.75, 3.05) is 6.54 Å². The summed E-state index contributed by atoms with van der Waals surface area (Å²) in [6.45, 7) is 5.30. The summed E-state index contributed by atoms with van der Waals surface area (Å²) in [6, 6.07) is 4.76. The van der Waals surface area contributed by atoms with E-state index in [9.17, 15) is 8.78 Å². The molecular weight excluding hydrogens is 268 g/mol. The van der Waals surface area contributed by atoms with E-state index in [1.807, 2.05) is 0 Å². The van der Waals surface area contributed by atoms with E-state index in [0.717, 1.165) is 19.4 Å². The van der Waals surface area contributed by atoms with Gasteiger partial charge in [-0.05, 0) is 55.7 Å². The summed E-state index contributed by atoms with van der Waals surface area (Å²) in [6.07, 6.45) is 7.64. The van der Waals surface area contributed by atoms with Gasteiger partial charge in [-0.25, -0.2) is 8.78 Å². The minimum absolute atomic E-state index is 0.237. The molecule has 1 N–H and O–H groups in total. The lowest BCUT2D eigenvalue weighted by molar-refractivity contribution is 0.183. The van der Waals surface area contributed by atoms with E-state index in [2.05, 4.69) is 19.2 Å². The maximum Gasteiger partial charge on any atom is 0.162 e. The average Bonchev–Trinajstić information content (AvgIpc) is 2.97. The average molecular weight is 295 g/mol. The maximum atomic E-state index is 14.0. The normalized spacial score (nSPS) is 18.9. The van der Waals surface area contributed by atoms with Crippen molar-refractivity contribution in [3.05, 3.63) is 35.4 Å². The van der Waals surface area contributed by atoms with Crippen LogP contribution in [0.4, 0.5) is 8.78 Å². The Morgan fingerprint density at radius 3 is 2.52 bits per heavy atom. The number of rotatable bonds is 7. The molecule has 1 aromatic carbocycles. The molecule has 1 atom stereocenters. The highest BCUT2D eigenvalue weighted by Crippen LogP contribution is 2.45. The molecule has 118 valence electrons. The fourth-order valence-corrected chi connectivity index (χ4v) is 3.78. The molecule has 21 heavy (non-hydrogen) atoms. The van der Waals surface area contributed by atoms with Crippen molar-refractivity contribution in [2.24, 2.45) is 5.41 Å². The first kappa shape index (κ1) is 16.4. The Morgan fingerprint density at radius 1 is 1.19 bits per heavy atom. The zero-order valence-electron chi connectivity index (χ0n) is 13.2. The molecule has 1 nitrogen and oxygen atoms in total. The van der Waals surface area contributed by atoms with Gasteiger partial charge in [0.05, 0.1) is 0 Å². The van der Waals surface area contributed by atoms with Crippen LogP contribution in [0.15, 0.2) is 18.2 Å². The highest BCUT2D eigenvalue weighted by molar-refractivity contribution is 5.21. The van der Waals surface area contributed by atoms with Crippen LogP contribution in [0.1, 0.15) is 57.9 Å². The van der Waals surface area contributed by atoms with E-state index < -0.39 is 11.6 Å². The van der Waals surface area contributed by atoms with Gasteiger partial charge < -0.3 is 5.32 Å². The molecule has 1 saturated carbocycles. The third-order valence-electron chi connectivity index (χ3n) is 5.14. The van der Waals surface area contributed by atoms with Crippen LogP contribution in [0.3, 0.4) is 0 Å². The monoisotopic (exact) mass is 295 g/mol. The molecule has 1 fully saturated rings. The molecule has 2 rings (SSSR count). The first-order valence-electron chi connectivity index (χ1n) is 8.29. The highest BCUT2D eigenvalue weighted by Gasteiger charge is 2.39. The molecule has 0 spiro atoms. The van der Waals surface area contributed by atoms with Gasteiger partial charge in [-0.15, -0.1) is 0 Å². The third kappa shape index (κ3) is 3.63. The van der Waals surface area contributed by atoms with Crippen molar-refractivity contribution < 1.29 is 8.78 Å². The molecule has 1 aromatic rings. The Morgan fingerprint density at radius 2 is 1.90 bits per heavy atom. The first-order chi connectivity index (χ1) is 10.1.